The van der Waals surface area contributed by atoms with Gasteiger partial charge in [-0.2, -0.15) is 0 Å². The van der Waals surface area contributed by atoms with Gasteiger partial charge in [0.05, 0.1) is 16.1 Å². The zero-order valence-electron chi connectivity index (χ0n) is 16.5. The van der Waals surface area contributed by atoms with Crippen molar-refractivity contribution in [3.63, 3.8) is 0 Å². The van der Waals surface area contributed by atoms with Gasteiger partial charge >= 0.3 is 5.97 Å². The number of aromatic nitrogens is 1. The summed E-state index contributed by atoms with van der Waals surface area (Å²) >= 11 is 7.30. The SMILES string of the molecule is Cc1c(Sc2cccc(C(=O)O)c2)c2ccc(Cl)c(F)c2n1CC(=O)N1CCCC1=O. The molecule has 1 aliphatic rings. The van der Waals surface area contributed by atoms with E-state index in [0.717, 1.165) is 0 Å². The second-order valence-corrected chi connectivity index (χ2v) is 8.73. The van der Waals surface area contributed by atoms with Crippen LogP contribution in [0, 0.1) is 12.7 Å². The topological polar surface area (TPSA) is 79.6 Å². The molecule has 0 bridgehead atoms. The summed E-state index contributed by atoms with van der Waals surface area (Å²) in [6.45, 7) is 1.93. The summed E-state index contributed by atoms with van der Waals surface area (Å²) in [5, 5.41) is 9.74. The van der Waals surface area contributed by atoms with Crippen molar-refractivity contribution in [3.05, 3.63) is 58.5 Å². The molecule has 0 spiro atoms. The van der Waals surface area contributed by atoms with Crippen LogP contribution in [0.1, 0.15) is 28.9 Å². The van der Waals surface area contributed by atoms with E-state index in [0.29, 0.717) is 40.3 Å². The highest BCUT2D eigenvalue weighted by Crippen LogP contribution is 2.40. The first-order valence-corrected chi connectivity index (χ1v) is 10.8. The number of halogens is 2. The summed E-state index contributed by atoms with van der Waals surface area (Å²) in [7, 11) is 0. The van der Waals surface area contributed by atoms with Crippen molar-refractivity contribution in [2.45, 2.75) is 36.1 Å². The quantitative estimate of drug-likeness (QED) is 0.594. The Morgan fingerprint density at radius 1 is 1.26 bits per heavy atom. The van der Waals surface area contributed by atoms with Crippen LogP contribution in [0.25, 0.3) is 10.9 Å². The molecule has 160 valence electrons. The molecule has 0 unspecified atom stereocenters. The molecule has 6 nitrogen and oxygen atoms in total. The average molecular weight is 461 g/mol. The number of imide groups is 1. The molecule has 1 saturated heterocycles. The van der Waals surface area contributed by atoms with Crippen LogP contribution in [-0.4, -0.2) is 38.9 Å². The van der Waals surface area contributed by atoms with E-state index in [2.05, 4.69) is 0 Å². The number of carboxylic acids is 1. The lowest BCUT2D eigenvalue weighted by Gasteiger charge is -2.16. The summed E-state index contributed by atoms with van der Waals surface area (Å²) in [5.41, 5.74) is 0.951. The second-order valence-electron chi connectivity index (χ2n) is 7.24. The number of carboxylic acid groups (broad SMARTS) is 1. The summed E-state index contributed by atoms with van der Waals surface area (Å²) in [6.07, 6.45) is 0.954. The Hall–Kier alpha value is -2.84. The molecular formula is C22H18ClFN2O4S. The summed E-state index contributed by atoms with van der Waals surface area (Å²) < 4.78 is 16.6. The highest BCUT2D eigenvalue weighted by Gasteiger charge is 2.28. The van der Waals surface area contributed by atoms with Crippen LogP contribution in [0.4, 0.5) is 4.39 Å². The van der Waals surface area contributed by atoms with Crippen LogP contribution in [0.3, 0.4) is 0 Å². The zero-order valence-corrected chi connectivity index (χ0v) is 18.1. The Morgan fingerprint density at radius 3 is 2.71 bits per heavy atom. The zero-order chi connectivity index (χ0) is 22.3. The Labute approximate surface area is 186 Å². The minimum atomic E-state index is -1.04. The molecule has 0 saturated carbocycles. The predicted octanol–water partition coefficient (Wildman–Crippen LogP) is 4.74. The molecule has 2 amide bonds. The average Bonchev–Trinajstić information content (AvgIpc) is 3.28. The van der Waals surface area contributed by atoms with Crippen LogP contribution in [-0.2, 0) is 16.1 Å². The molecule has 3 aromatic rings. The fourth-order valence-electron chi connectivity index (χ4n) is 3.74. The van der Waals surface area contributed by atoms with Gasteiger partial charge in [0.15, 0.2) is 5.82 Å². The van der Waals surface area contributed by atoms with Gasteiger partial charge in [-0.05, 0) is 43.7 Å². The van der Waals surface area contributed by atoms with E-state index in [1.165, 1.54) is 39.4 Å². The molecule has 0 radical (unpaired) electrons. The molecule has 0 aliphatic carbocycles. The molecule has 2 heterocycles. The third kappa shape index (κ3) is 3.93. The monoisotopic (exact) mass is 460 g/mol. The number of rotatable bonds is 5. The van der Waals surface area contributed by atoms with E-state index < -0.39 is 17.7 Å². The summed E-state index contributed by atoms with van der Waals surface area (Å²) in [5.74, 6) is -2.31. The van der Waals surface area contributed by atoms with E-state index >= 15 is 4.39 Å². The highest BCUT2D eigenvalue weighted by atomic mass is 35.5. The van der Waals surface area contributed by atoms with E-state index in [9.17, 15) is 19.5 Å². The number of aromatic carboxylic acids is 1. The van der Waals surface area contributed by atoms with E-state index in [1.54, 1.807) is 25.1 Å². The van der Waals surface area contributed by atoms with Gasteiger partial charge in [-0.3, -0.25) is 14.5 Å². The first-order chi connectivity index (χ1) is 14.8. The van der Waals surface area contributed by atoms with Crippen molar-refractivity contribution in [1.29, 1.82) is 0 Å². The molecule has 1 N–H and O–H groups in total. The molecular weight excluding hydrogens is 443 g/mol. The lowest BCUT2D eigenvalue weighted by Crippen LogP contribution is -2.34. The molecule has 31 heavy (non-hydrogen) atoms. The maximum Gasteiger partial charge on any atom is 0.335 e. The molecule has 0 atom stereocenters. The van der Waals surface area contributed by atoms with Crippen LogP contribution in [0.15, 0.2) is 46.2 Å². The van der Waals surface area contributed by atoms with Gasteiger partial charge in [-0.25, -0.2) is 9.18 Å². The molecule has 2 aromatic carbocycles. The van der Waals surface area contributed by atoms with Crippen LogP contribution in [0.2, 0.25) is 5.02 Å². The number of amides is 2. The smallest absolute Gasteiger partial charge is 0.335 e. The van der Waals surface area contributed by atoms with Crippen LogP contribution in [0.5, 0.6) is 0 Å². The number of benzene rings is 2. The normalized spacial score (nSPS) is 13.9. The van der Waals surface area contributed by atoms with Crippen LogP contribution >= 0.6 is 23.4 Å². The predicted molar refractivity (Wildman–Crippen MR) is 115 cm³/mol. The van der Waals surface area contributed by atoms with Gasteiger partial charge in [-0.1, -0.05) is 29.4 Å². The van der Waals surface area contributed by atoms with Gasteiger partial charge in [0.1, 0.15) is 6.54 Å². The van der Waals surface area contributed by atoms with Gasteiger partial charge in [0, 0.05) is 33.8 Å². The first-order valence-electron chi connectivity index (χ1n) is 9.59. The number of hydrogen-bond donors (Lipinski definition) is 1. The minimum Gasteiger partial charge on any atom is -0.478 e. The van der Waals surface area contributed by atoms with Crippen LogP contribution < -0.4 is 0 Å². The van der Waals surface area contributed by atoms with Crippen molar-refractivity contribution in [1.82, 2.24) is 9.47 Å². The van der Waals surface area contributed by atoms with Gasteiger partial charge in [0.25, 0.3) is 0 Å². The van der Waals surface area contributed by atoms with Crippen molar-refractivity contribution >= 4 is 52.0 Å². The summed E-state index contributed by atoms with van der Waals surface area (Å²) in [6, 6.07) is 9.57. The highest BCUT2D eigenvalue weighted by molar-refractivity contribution is 7.99. The maximum atomic E-state index is 15.0. The third-order valence-corrected chi connectivity index (χ3v) is 6.79. The Kier molecular flexibility index (Phi) is 5.77. The van der Waals surface area contributed by atoms with Gasteiger partial charge in [-0.15, -0.1) is 0 Å². The molecule has 4 rings (SSSR count). The largest absolute Gasteiger partial charge is 0.478 e. The molecule has 9 heteroatoms. The Morgan fingerprint density at radius 2 is 2.03 bits per heavy atom. The van der Waals surface area contributed by atoms with Crippen molar-refractivity contribution in [3.8, 4) is 0 Å². The first kappa shape index (κ1) is 21.4. The molecule has 1 aliphatic heterocycles. The van der Waals surface area contributed by atoms with E-state index in [-0.39, 0.29) is 28.6 Å². The van der Waals surface area contributed by atoms with Crippen molar-refractivity contribution in [2.24, 2.45) is 0 Å². The number of nitrogens with zero attached hydrogens (tertiary/aromatic N) is 2. The fourth-order valence-corrected chi connectivity index (χ4v) is 4.99. The maximum absolute atomic E-state index is 15.0. The molecule has 1 aromatic heterocycles. The van der Waals surface area contributed by atoms with E-state index in [4.69, 9.17) is 11.6 Å². The standard InChI is InChI=1S/C22H18ClFN2O4S/c1-12-21(31-14-5-2-4-13(10-14)22(29)30)15-7-8-16(23)19(24)20(15)26(12)11-18(28)25-9-3-6-17(25)27/h2,4-5,7-8,10H,3,6,9,11H2,1H3,(H,29,30). The van der Waals surface area contributed by atoms with E-state index in [1.807, 2.05) is 0 Å². The lowest BCUT2D eigenvalue weighted by molar-refractivity contribution is -0.142. The third-order valence-electron chi connectivity index (χ3n) is 5.29. The molecule has 1 fully saturated rings. The fraction of sp³-hybridized carbons (Fsp3) is 0.227. The van der Waals surface area contributed by atoms with Crippen molar-refractivity contribution in [2.75, 3.05) is 6.54 Å². The minimum absolute atomic E-state index is 0.0691. The Balaban J connectivity index is 1.80. The Bertz CT molecular complexity index is 1240. The van der Waals surface area contributed by atoms with Gasteiger partial charge < -0.3 is 9.67 Å². The second kappa shape index (κ2) is 8.36. The van der Waals surface area contributed by atoms with Crippen molar-refractivity contribution < 1.29 is 23.9 Å². The number of fused-ring (bicyclic) bond motifs is 1. The number of carbonyl (C=O) groups excluding carboxylic acids is 2. The lowest BCUT2D eigenvalue weighted by atomic mass is 10.2. The number of hydrogen-bond acceptors (Lipinski definition) is 4. The number of carbonyl (C=O) groups is 3. The number of likely N-dealkylation sites (tertiary alicyclic amines) is 1. The van der Waals surface area contributed by atoms with Gasteiger partial charge in [0.2, 0.25) is 11.8 Å². The summed E-state index contributed by atoms with van der Waals surface area (Å²) in [4.78, 5) is 38.6.